The minimum absolute atomic E-state index is 0.109. The van der Waals surface area contributed by atoms with Crippen molar-refractivity contribution in [1.82, 2.24) is 4.90 Å². The molecule has 1 aliphatic rings. The van der Waals surface area contributed by atoms with E-state index >= 15 is 0 Å². The minimum Gasteiger partial charge on any atom is -0.444 e. The standard InChI is InChI=1S/C23H30BrN3O4S/c1-16-5-8-19(9-6-16)32(29,30)26-21-15-17(24)7-10-20(21)25-18-11-13-27(14-12-18)22(28)31-23(2,3)4/h5-10,15,18,25-26H,11-14H2,1-4H3. The van der Waals surface area contributed by atoms with E-state index in [0.29, 0.717) is 24.5 Å². The van der Waals surface area contributed by atoms with E-state index in [4.69, 9.17) is 4.74 Å². The number of likely N-dealkylation sites (tertiary alicyclic amines) is 1. The van der Waals surface area contributed by atoms with Crippen LogP contribution in [0.15, 0.2) is 51.8 Å². The third-order valence-corrected chi connectivity index (χ3v) is 6.94. The van der Waals surface area contributed by atoms with Gasteiger partial charge in [-0.05, 0) is 70.9 Å². The molecule has 1 aliphatic heterocycles. The Bertz CT molecular complexity index is 1060. The molecule has 1 saturated heterocycles. The van der Waals surface area contributed by atoms with Gasteiger partial charge in [0.05, 0.1) is 16.3 Å². The van der Waals surface area contributed by atoms with Crippen molar-refractivity contribution in [3.63, 3.8) is 0 Å². The summed E-state index contributed by atoms with van der Waals surface area (Å²) in [5.41, 5.74) is 1.63. The molecular formula is C23H30BrN3O4S. The van der Waals surface area contributed by atoms with Gasteiger partial charge in [-0.1, -0.05) is 33.6 Å². The SMILES string of the molecule is Cc1ccc(S(=O)(=O)Nc2cc(Br)ccc2NC2CCN(C(=O)OC(C)(C)C)CC2)cc1. The minimum atomic E-state index is -3.73. The molecule has 0 unspecified atom stereocenters. The normalized spacial score (nSPS) is 15.3. The lowest BCUT2D eigenvalue weighted by atomic mass is 10.0. The molecule has 3 rings (SSSR count). The molecule has 1 heterocycles. The van der Waals surface area contributed by atoms with E-state index in [0.717, 1.165) is 22.9 Å². The first-order chi connectivity index (χ1) is 14.9. The highest BCUT2D eigenvalue weighted by molar-refractivity contribution is 9.10. The zero-order chi connectivity index (χ0) is 23.5. The van der Waals surface area contributed by atoms with Crippen LogP contribution in [0.1, 0.15) is 39.2 Å². The number of aryl methyl sites for hydroxylation is 1. The van der Waals surface area contributed by atoms with Gasteiger partial charge in [-0.15, -0.1) is 0 Å². The van der Waals surface area contributed by atoms with Gasteiger partial charge in [0, 0.05) is 23.6 Å². The van der Waals surface area contributed by atoms with Gasteiger partial charge in [0.15, 0.2) is 0 Å². The van der Waals surface area contributed by atoms with E-state index in [2.05, 4.69) is 26.0 Å². The number of hydrogen-bond acceptors (Lipinski definition) is 5. The molecule has 2 aromatic rings. The fourth-order valence-corrected chi connectivity index (χ4v) is 4.83. The summed E-state index contributed by atoms with van der Waals surface area (Å²) in [5, 5.41) is 3.44. The topological polar surface area (TPSA) is 87.7 Å². The number of hydrogen-bond donors (Lipinski definition) is 2. The molecule has 7 nitrogen and oxygen atoms in total. The van der Waals surface area contributed by atoms with Crippen LogP contribution in [0.4, 0.5) is 16.2 Å². The molecule has 0 saturated carbocycles. The van der Waals surface area contributed by atoms with Crippen LogP contribution in [-0.4, -0.2) is 44.1 Å². The molecule has 32 heavy (non-hydrogen) atoms. The van der Waals surface area contributed by atoms with Gasteiger partial charge in [-0.3, -0.25) is 4.72 Å². The highest BCUT2D eigenvalue weighted by atomic mass is 79.9. The predicted molar refractivity (Wildman–Crippen MR) is 131 cm³/mol. The number of anilines is 2. The van der Waals surface area contributed by atoms with Crippen LogP contribution in [0.3, 0.4) is 0 Å². The van der Waals surface area contributed by atoms with Crippen LogP contribution in [0, 0.1) is 6.92 Å². The van der Waals surface area contributed by atoms with Crippen molar-refractivity contribution < 1.29 is 17.9 Å². The number of nitrogens with one attached hydrogen (secondary N) is 2. The Labute approximate surface area is 198 Å². The number of nitrogens with zero attached hydrogens (tertiary/aromatic N) is 1. The van der Waals surface area contributed by atoms with Crippen molar-refractivity contribution in [2.75, 3.05) is 23.1 Å². The number of piperidine rings is 1. The summed E-state index contributed by atoms with van der Waals surface area (Å²) >= 11 is 3.42. The Balaban J connectivity index is 1.68. The van der Waals surface area contributed by atoms with Crippen molar-refractivity contribution in [3.05, 3.63) is 52.5 Å². The fourth-order valence-electron chi connectivity index (χ4n) is 3.40. The van der Waals surface area contributed by atoms with Gasteiger partial charge in [0.1, 0.15) is 5.60 Å². The Hall–Kier alpha value is -2.26. The summed E-state index contributed by atoms with van der Waals surface area (Å²) in [5.74, 6) is 0. The van der Waals surface area contributed by atoms with Crippen LogP contribution >= 0.6 is 15.9 Å². The summed E-state index contributed by atoms with van der Waals surface area (Å²) in [4.78, 5) is 14.2. The summed E-state index contributed by atoms with van der Waals surface area (Å²) in [6.07, 6.45) is 1.17. The molecule has 0 atom stereocenters. The molecule has 0 aromatic heterocycles. The molecule has 174 valence electrons. The Kier molecular flexibility index (Phi) is 7.39. The largest absolute Gasteiger partial charge is 0.444 e. The second-order valence-corrected chi connectivity index (χ2v) is 11.6. The monoisotopic (exact) mass is 523 g/mol. The van der Waals surface area contributed by atoms with E-state index in [-0.39, 0.29) is 17.0 Å². The van der Waals surface area contributed by atoms with Crippen LogP contribution in [0.5, 0.6) is 0 Å². The van der Waals surface area contributed by atoms with E-state index in [1.54, 1.807) is 35.2 Å². The summed E-state index contributed by atoms with van der Waals surface area (Å²) < 4.78 is 34.7. The zero-order valence-electron chi connectivity index (χ0n) is 18.8. The Morgan fingerprint density at radius 1 is 1.06 bits per heavy atom. The Morgan fingerprint density at radius 3 is 2.28 bits per heavy atom. The van der Waals surface area contributed by atoms with E-state index in [1.807, 2.05) is 39.8 Å². The molecular weight excluding hydrogens is 494 g/mol. The molecule has 1 amide bonds. The number of carbonyl (C=O) groups excluding carboxylic acids is 1. The van der Waals surface area contributed by atoms with Crippen molar-refractivity contribution in [2.24, 2.45) is 0 Å². The molecule has 0 radical (unpaired) electrons. The van der Waals surface area contributed by atoms with E-state index in [1.165, 1.54) is 0 Å². The molecule has 0 spiro atoms. The average Bonchev–Trinajstić information content (AvgIpc) is 2.69. The van der Waals surface area contributed by atoms with E-state index in [9.17, 15) is 13.2 Å². The smallest absolute Gasteiger partial charge is 0.410 e. The first kappa shape index (κ1) is 24.4. The van der Waals surface area contributed by atoms with Crippen molar-refractivity contribution >= 4 is 43.4 Å². The lowest BCUT2D eigenvalue weighted by molar-refractivity contribution is 0.0210. The second kappa shape index (κ2) is 9.70. The summed E-state index contributed by atoms with van der Waals surface area (Å²) in [7, 11) is -3.73. The molecule has 2 N–H and O–H groups in total. The third kappa shape index (κ3) is 6.62. The number of halogens is 1. The molecule has 9 heteroatoms. The quantitative estimate of drug-likeness (QED) is 0.549. The van der Waals surface area contributed by atoms with Gasteiger partial charge in [0.2, 0.25) is 0 Å². The van der Waals surface area contributed by atoms with E-state index < -0.39 is 15.6 Å². The van der Waals surface area contributed by atoms with Gasteiger partial charge in [-0.2, -0.15) is 0 Å². The lowest BCUT2D eigenvalue weighted by Gasteiger charge is -2.34. The first-order valence-electron chi connectivity index (χ1n) is 10.6. The van der Waals surface area contributed by atoms with Crippen LogP contribution in [-0.2, 0) is 14.8 Å². The fraction of sp³-hybridized carbons (Fsp3) is 0.435. The van der Waals surface area contributed by atoms with Gasteiger partial charge in [-0.25, -0.2) is 13.2 Å². The van der Waals surface area contributed by atoms with Crippen LogP contribution in [0.2, 0.25) is 0 Å². The third-order valence-electron chi connectivity index (χ3n) is 5.06. The maximum atomic E-state index is 12.9. The van der Waals surface area contributed by atoms with Crippen molar-refractivity contribution in [2.45, 2.75) is 57.1 Å². The number of carbonyl (C=O) groups is 1. The Morgan fingerprint density at radius 2 is 1.69 bits per heavy atom. The second-order valence-electron chi connectivity index (χ2n) is 8.99. The summed E-state index contributed by atoms with van der Waals surface area (Å²) in [6, 6.07) is 12.3. The van der Waals surface area contributed by atoms with Crippen molar-refractivity contribution in [1.29, 1.82) is 0 Å². The zero-order valence-corrected chi connectivity index (χ0v) is 21.2. The number of amides is 1. The molecule has 1 fully saturated rings. The molecule has 0 bridgehead atoms. The van der Waals surface area contributed by atoms with Crippen molar-refractivity contribution in [3.8, 4) is 0 Å². The number of ether oxygens (including phenoxy) is 1. The maximum Gasteiger partial charge on any atom is 0.410 e. The molecule has 2 aromatic carbocycles. The van der Waals surface area contributed by atoms with Crippen LogP contribution < -0.4 is 10.0 Å². The highest BCUT2D eigenvalue weighted by Crippen LogP contribution is 2.30. The number of benzene rings is 2. The highest BCUT2D eigenvalue weighted by Gasteiger charge is 2.27. The number of rotatable bonds is 5. The first-order valence-corrected chi connectivity index (χ1v) is 12.8. The summed E-state index contributed by atoms with van der Waals surface area (Å²) in [6.45, 7) is 8.62. The number of sulfonamides is 1. The molecule has 0 aliphatic carbocycles. The maximum absolute atomic E-state index is 12.9. The predicted octanol–water partition coefficient (Wildman–Crippen LogP) is 5.37. The van der Waals surface area contributed by atoms with Gasteiger partial charge >= 0.3 is 6.09 Å². The van der Waals surface area contributed by atoms with Crippen LogP contribution in [0.25, 0.3) is 0 Å². The lowest BCUT2D eigenvalue weighted by Crippen LogP contribution is -2.44. The van der Waals surface area contributed by atoms with Gasteiger partial charge in [0.25, 0.3) is 10.0 Å². The average molecular weight is 524 g/mol. The van der Waals surface area contributed by atoms with Gasteiger partial charge < -0.3 is 15.0 Å².